The van der Waals surface area contributed by atoms with Gasteiger partial charge in [0, 0.05) is 11.4 Å². The second-order valence-electron chi connectivity index (χ2n) is 4.48. The summed E-state index contributed by atoms with van der Waals surface area (Å²) in [4.78, 5) is 12.3. The number of carbonyl (C=O) groups is 1. The van der Waals surface area contributed by atoms with E-state index < -0.39 is 5.97 Å². The molecular formula is C14H13N3O3S3. The van der Waals surface area contributed by atoms with E-state index in [1.165, 1.54) is 40.3 Å². The van der Waals surface area contributed by atoms with Crippen LogP contribution in [0.1, 0.15) is 21.0 Å². The van der Waals surface area contributed by atoms with E-state index in [0.717, 1.165) is 22.4 Å². The number of thioether (sulfide) groups is 1. The molecule has 0 aliphatic rings. The third-order valence-electron chi connectivity index (χ3n) is 2.94. The molecule has 0 aliphatic carbocycles. The van der Waals surface area contributed by atoms with Crippen LogP contribution in [0.5, 0.6) is 0 Å². The lowest BCUT2D eigenvalue weighted by molar-refractivity contribution is 0.0695. The highest BCUT2D eigenvalue weighted by molar-refractivity contribution is 8.00. The molecular weight excluding hydrogens is 354 g/mol. The lowest BCUT2D eigenvalue weighted by Crippen LogP contribution is -2.03. The van der Waals surface area contributed by atoms with Crippen LogP contribution >= 0.6 is 34.4 Å². The number of hydrogen-bond acceptors (Lipinski definition) is 8. The number of furan rings is 1. The van der Waals surface area contributed by atoms with Gasteiger partial charge in [0.15, 0.2) is 4.34 Å². The van der Waals surface area contributed by atoms with E-state index in [0.29, 0.717) is 11.5 Å². The summed E-state index contributed by atoms with van der Waals surface area (Å²) in [6.07, 6.45) is 2.34. The van der Waals surface area contributed by atoms with E-state index in [4.69, 9.17) is 9.52 Å². The molecule has 3 heterocycles. The molecule has 9 heteroatoms. The molecule has 120 valence electrons. The summed E-state index contributed by atoms with van der Waals surface area (Å²) >= 11 is 4.60. The number of aromatic nitrogens is 2. The maximum atomic E-state index is 11.0. The van der Waals surface area contributed by atoms with Gasteiger partial charge in [-0.2, -0.15) is 0 Å². The Bertz CT molecular complexity index is 767. The zero-order valence-corrected chi connectivity index (χ0v) is 14.3. The van der Waals surface area contributed by atoms with Crippen molar-refractivity contribution >= 4 is 45.5 Å². The topological polar surface area (TPSA) is 88.2 Å². The van der Waals surface area contributed by atoms with Crippen LogP contribution in [0, 0.1) is 0 Å². The Balaban J connectivity index is 1.49. The van der Waals surface area contributed by atoms with Gasteiger partial charge < -0.3 is 14.8 Å². The summed E-state index contributed by atoms with van der Waals surface area (Å²) < 4.78 is 5.98. The Morgan fingerprint density at radius 1 is 1.39 bits per heavy atom. The first kappa shape index (κ1) is 16.0. The fourth-order valence-corrected chi connectivity index (χ4v) is 4.30. The van der Waals surface area contributed by atoms with Gasteiger partial charge in [-0.25, -0.2) is 4.79 Å². The molecule has 3 rings (SSSR count). The van der Waals surface area contributed by atoms with Crippen LogP contribution < -0.4 is 5.32 Å². The van der Waals surface area contributed by atoms with E-state index in [2.05, 4.69) is 27.0 Å². The fraction of sp³-hybridized carbons (Fsp3) is 0.214. The Labute approximate surface area is 144 Å². The van der Waals surface area contributed by atoms with E-state index >= 15 is 0 Å². The molecule has 0 radical (unpaired) electrons. The zero-order chi connectivity index (χ0) is 16.1. The molecule has 3 aromatic heterocycles. The van der Waals surface area contributed by atoms with E-state index in [-0.39, 0.29) is 5.56 Å². The van der Waals surface area contributed by atoms with Crippen LogP contribution in [0.3, 0.4) is 0 Å². The molecule has 0 spiro atoms. The maximum absolute atomic E-state index is 11.0. The highest BCUT2D eigenvalue weighted by Crippen LogP contribution is 2.29. The number of thiophene rings is 1. The molecule has 0 amide bonds. The predicted molar refractivity (Wildman–Crippen MR) is 91.7 cm³/mol. The maximum Gasteiger partial charge on any atom is 0.339 e. The summed E-state index contributed by atoms with van der Waals surface area (Å²) in [7, 11) is 0. The quantitative estimate of drug-likeness (QED) is 0.585. The lowest BCUT2D eigenvalue weighted by Gasteiger charge is -1.99. The van der Waals surface area contributed by atoms with Crippen molar-refractivity contribution in [2.45, 2.75) is 16.5 Å². The Hall–Kier alpha value is -1.84. The van der Waals surface area contributed by atoms with Crippen LogP contribution in [0.4, 0.5) is 5.13 Å². The van der Waals surface area contributed by atoms with Crippen molar-refractivity contribution in [1.29, 1.82) is 0 Å². The van der Waals surface area contributed by atoms with Gasteiger partial charge in [0.05, 0.1) is 12.0 Å². The van der Waals surface area contributed by atoms with Crippen molar-refractivity contribution < 1.29 is 14.3 Å². The summed E-state index contributed by atoms with van der Waals surface area (Å²) in [5.74, 6) is -0.134. The number of hydrogen-bond donors (Lipinski definition) is 2. The van der Waals surface area contributed by atoms with Crippen LogP contribution in [0.2, 0.25) is 0 Å². The minimum Gasteiger partial charge on any atom is -0.478 e. The van der Waals surface area contributed by atoms with Crippen molar-refractivity contribution in [3.63, 3.8) is 0 Å². The minimum absolute atomic E-state index is 0.191. The van der Waals surface area contributed by atoms with Gasteiger partial charge in [-0.3, -0.25) is 0 Å². The van der Waals surface area contributed by atoms with Crippen molar-refractivity contribution in [3.8, 4) is 0 Å². The van der Waals surface area contributed by atoms with E-state index in [1.807, 2.05) is 6.07 Å². The summed E-state index contributed by atoms with van der Waals surface area (Å²) in [6, 6.07) is 5.60. The molecule has 0 aromatic carbocycles. The molecule has 23 heavy (non-hydrogen) atoms. The lowest BCUT2D eigenvalue weighted by atomic mass is 10.3. The van der Waals surface area contributed by atoms with Crippen LogP contribution in [-0.4, -0.2) is 27.8 Å². The van der Waals surface area contributed by atoms with Gasteiger partial charge in [-0.1, -0.05) is 29.2 Å². The third kappa shape index (κ3) is 4.34. The number of rotatable bonds is 8. The number of aromatic carboxylic acids is 1. The Morgan fingerprint density at radius 3 is 3.09 bits per heavy atom. The van der Waals surface area contributed by atoms with Crippen LogP contribution in [0.25, 0.3) is 0 Å². The standard InChI is InChI=1S/C14H13N3O3S3/c18-12(19)10-4-6-20-11(10)8-22-14-17-16-13(23-14)15-5-3-9-2-1-7-21-9/h1-2,4,6-7H,3,5,8H2,(H,15,16)(H,18,19). The van der Waals surface area contributed by atoms with Crippen molar-refractivity contribution in [2.24, 2.45) is 0 Å². The van der Waals surface area contributed by atoms with Gasteiger partial charge in [-0.05, 0) is 23.9 Å². The Morgan fingerprint density at radius 2 is 2.30 bits per heavy atom. The van der Waals surface area contributed by atoms with Gasteiger partial charge in [-0.15, -0.1) is 21.5 Å². The number of carboxylic acids is 1. The molecule has 0 atom stereocenters. The fourth-order valence-electron chi connectivity index (χ4n) is 1.86. The molecule has 0 fully saturated rings. The molecule has 6 nitrogen and oxygen atoms in total. The highest BCUT2D eigenvalue weighted by Gasteiger charge is 2.14. The summed E-state index contributed by atoms with van der Waals surface area (Å²) in [5.41, 5.74) is 0.191. The minimum atomic E-state index is -0.984. The first-order valence-electron chi connectivity index (χ1n) is 6.74. The predicted octanol–water partition coefficient (Wildman–Crippen LogP) is 3.84. The highest BCUT2D eigenvalue weighted by atomic mass is 32.2. The smallest absolute Gasteiger partial charge is 0.339 e. The average molecular weight is 367 g/mol. The molecule has 0 aliphatic heterocycles. The monoisotopic (exact) mass is 367 g/mol. The molecule has 0 bridgehead atoms. The second-order valence-corrected chi connectivity index (χ2v) is 7.71. The van der Waals surface area contributed by atoms with Gasteiger partial charge in [0.2, 0.25) is 5.13 Å². The Kier molecular flexibility index (Phi) is 5.31. The normalized spacial score (nSPS) is 10.8. The number of nitrogens with one attached hydrogen (secondary N) is 1. The van der Waals surface area contributed by atoms with E-state index in [1.54, 1.807) is 11.3 Å². The largest absolute Gasteiger partial charge is 0.478 e. The first-order valence-corrected chi connectivity index (χ1v) is 9.43. The molecule has 3 aromatic rings. The number of nitrogens with zero attached hydrogens (tertiary/aromatic N) is 2. The van der Waals surface area contributed by atoms with Crippen LogP contribution in [-0.2, 0) is 12.2 Å². The molecule has 0 saturated carbocycles. The molecule has 0 unspecified atom stereocenters. The number of carboxylic acid groups (broad SMARTS) is 1. The van der Waals surface area contributed by atoms with Gasteiger partial charge in [0.1, 0.15) is 11.3 Å². The number of anilines is 1. The van der Waals surface area contributed by atoms with Crippen molar-refractivity contribution in [3.05, 3.63) is 46.0 Å². The van der Waals surface area contributed by atoms with Gasteiger partial charge in [0.25, 0.3) is 0 Å². The summed E-state index contributed by atoms with van der Waals surface area (Å²) in [6.45, 7) is 0.807. The summed E-state index contributed by atoms with van der Waals surface area (Å²) in [5, 5.41) is 23.3. The SMILES string of the molecule is O=C(O)c1ccoc1CSc1nnc(NCCc2cccs2)s1. The van der Waals surface area contributed by atoms with Crippen molar-refractivity contribution in [2.75, 3.05) is 11.9 Å². The molecule has 2 N–H and O–H groups in total. The first-order chi connectivity index (χ1) is 11.2. The molecule has 0 saturated heterocycles. The van der Waals surface area contributed by atoms with Crippen molar-refractivity contribution in [1.82, 2.24) is 10.2 Å². The van der Waals surface area contributed by atoms with E-state index in [9.17, 15) is 4.79 Å². The zero-order valence-electron chi connectivity index (χ0n) is 11.9. The second kappa shape index (κ2) is 7.62. The average Bonchev–Trinajstić information content (AvgIpc) is 3.27. The van der Waals surface area contributed by atoms with Crippen LogP contribution in [0.15, 0.2) is 38.6 Å². The third-order valence-corrected chi connectivity index (χ3v) is 5.89. The van der Waals surface area contributed by atoms with Gasteiger partial charge >= 0.3 is 5.97 Å².